The molecule has 0 saturated heterocycles. The van der Waals surface area contributed by atoms with Gasteiger partial charge in [-0.15, -0.1) is 0 Å². The van der Waals surface area contributed by atoms with E-state index in [0.29, 0.717) is 23.3 Å². The fourth-order valence-corrected chi connectivity index (χ4v) is 2.30. The molecule has 1 aliphatic rings. The van der Waals surface area contributed by atoms with E-state index in [1.165, 1.54) is 0 Å². The third-order valence-corrected chi connectivity index (χ3v) is 3.33. The molecule has 6 heteroatoms. The van der Waals surface area contributed by atoms with Gasteiger partial charge in [-0.05, 0) is 30.2 Å². The number of nitrogens with one attached hydrogen (secondary N) is 2. The lowest BCUT2D eigenvalue weighted by Gasteiger charge is -2.15. The number of amides is 3. The van der Waals surface area contributed by atoms with Crippen LogP contribution >= 0.6 is 15.9 Å². The fraction of sp³-hybridized carbons (Fsp3) is 0.286. The number of urea groups is 1. The predicted octanol–water partition coefficient (Wildman–Crippen LogP) is 2.63. The number of anilines is 2. The third-order valence-electron chi connectivity index (χ3n) is 3.05. The van der Waals surface area contributed by atoms with Crippen LogP contribution < -0.4 is 15.5 Å². The zero-order chi connectivity index (χ0) is 14.7. The summed E-state index contributed by atoms with van der Waals surface area (Å²) in [5, 5.41) is 5.42. The van der Waals surface area contributed by atoms with Crippen molar-refractivity contribution in [3.63, 3.8) is 0 Å². The maximum absolute atomic E-state index is 11.6. The first-order chi connectivity index (χ1) is 9.47. The first kappa shape index (κ1) is 14.6. The minimum Gasteiger partial charge on any atom is -0.333 e. The van der Waals surface area contributed by atoms with E-state index in [2.05, 4.69) is 33.1 Å². The second-order valence-electron chi connectivity index (χ2n) is 4.59. The lowest BCUT2D eigenvalue weighted by Crippen LogP contribution is -2.29. The van der Waals surface area contributed by atoms with Crippen LogP contribution in [0.3, 0.4) is 0 Å². The number of fused-ring (bicyclic) bond motifs is 1. The van der Waals surface area contributed by atoms with E-state index >= 15 is 0 Å². The SMILES string of the molecule is C=C(Br)CNC(=O)Nc1ccc2c(c1)CCN2C(C)=O. The predicted molar refractivity (Wildman–Crippen MR) is 83.3 cm³/mol. The lowest BCUT2D eigenvalue weighted by atomic mass is 10.1. The molecule has 0 atom stereocenters. The number of hydrogen-bond acceptors (Lipinski definition) is 2. The normalized spacial score (nSPS) is 12.8. The smallest absolute Gasteiger partial charge is 0.319 e. The molecule has 1 aromatic carbocycles. The Morgan fingerprint density at radius 1 is 1.45 bits per heavy atom. The van der Waals surface area contributed by atoms with E-state index in [1.54, 1.807) is 17.9 Å². The summed E-state index contributed by atoms with van der Waals surface area (Å²) in [6, 6.07) is 5.28. The second-order valence-corrected chi connectivity index (χ2v) is 5.71. The van der Waals surface area contributed by atoms with Crippen LogP contribution in [-0.4, -0.2) is 25.0 Å². The first-order valence-electron chi connectivity index (χ1n) is 6.26. The second kappa shape index (κ2) is 6.09. The number of benzene rings is 1. The molecule has 0 unspecified atom stereocenters. The molecule has 20 heavy (non-hydrogen) atoms. The van der Waals surface area contributed by atoms with Crippen LogP contribution in [0.4, 0.5) is 16.2 Å². The summed E-state index contributed by atoms with van der Waals surface area (Å²) in [7, 11) is 0. The van der Waals surface area contributed by atoms with Crippen molar-refractivity contribution < 1.29 is 9.59 Å². The van der Waals surface area contributed by atoms with Crippen molar-refractivity contribution in [3.8, 4) is 0 Å². The van der Waals surface area contributed by atoms with Gasteiger partial charge in [0.2, 0.25) is 5.91 Å². The molecule has 0 spiro atoms. The Kier molecular flexibility index (Phi) is 4.44. The van der Waals surface area contributed by atoms with E-state index in [4.69, 9.17) is 0 Å². The summed E-state index contributed by atoms with van der Waals surface area (Å²) in [6.07, 6.45) is 0.810. The van der Waals surface area contributed by atoms with Crippen molar-refractivity contribution in [2.24, 2.45) is 0 Å². The summed E-state index contributed by atoms with van der Waals surface area (Å²) in [5.41, 5.74) is 2.71. The maximum atomic E-state index is 11.6. The van der Waals surface area contributed by atoms with Gasteiger partial charge < -0.3 is 15.5 Å². The molecule has 1 heterocycles. The van der Waals surface area contributed by atoms with Crippen molar-refractivity contribution in [2.75, 3.05) is 23.3 Å². The molecule has 2 rings (SSSR count). The van der Waals surface area contributed by atoms with Crippen molar-refractivity contribution in [3.05, 3.63) is 34.8 Å². The van der Waals surface area contributed by atoms with Gasteiger partial charge in [0.25, 0.3) is 0 Å². The minimum absolute atomic E-state index is 0.0398. The number of nitrogens with zero attached hydrogens (tertiary/aromatic N) is 1. The van der Waals surface area contributed by atoms with Crippen molar-refractivity contribution in [1.29, 1.82) is 0 Å². The minimum atomic E-state index is -0.285. The topological polar surface area (TPSA) is 61.4 Å². The van der Waals surface area contributed by atoms with Gasteiger partial charge in [0.15, 0.2) is 0 Å². The summed E-state index contributed by atoms with van der Waals surface area (Å²) in [4.78, 5) is 24.8. The largest absolute Gasteiger partial charge is 0.333 e. The Hall–Kier alpha value is -1.82. The third kappa shape index (κ3) is 3.39. The highest BCUT2D eigenvalue weighted by Crippen LogP contribution is 2.30. The molecule has 0 bridgehead atoms. The molecular formula is C14H16BrN3O2. The van der Waals surface area contributed by atoms with Gasteiger partial charge in [0, 0.05) is 29.3 Å². The van der Waals surface area contributed by atoms with Gasteiger partial charge in [0.05, 0.1) is 6.54 Å². The molecule has 106 valence electrons. The molecule has 0 aromatic heterocycles. The van der Waals surface area contributed by atoms with Crippen LogP contribution in [0.2, 0.25) is 0 Å². The van der Waals surface area contributed by atoms with Crippen LogP contribution in [0, 0.1) is 0 Å². The van der Waals surface area contributed by atoms with Crippen LogP contribution in [0.5, 0.6) is 0 Å². The zero-order valence-corrected chi connectivity index (χ0v) is 12.8. The van der Waals surface area contributed by atoms with E-state index in [0.717, 1.165) is 17.7 Å². The molecule has 3 amide bonds. The van der Waals surface area contributed by atoms with Gasteiger partial charge >= 0.3 is 6.03 Å². The van der Waals surface area contributed by atoms with Crippen LogP contribution in [0.25, 0.3) is 0 Å². The highest BCUT2D eigenvalue weighted by atomic mass is 79.9. The summed E-state index contributed by atoms with van der Waals surface area (Å²) in [5.74, 6) is 0.0398. The van der Waals surface area contributed by atoms with E-state index in [9.17, 15) is 9.59 Å². The summed E-state index contributed by atoms with van der Waals surface area (Å²) in [6.45, 7) is 6.27. The van der Waals surface area contributed by atoms with Gasteiger partial charge in [-0.2, -0.15) is 0 Å². The Morgan fingerprint density at radius 3 is 2.85 bits per heavy atom. The van der Waals surface area contributed by atoms with Gasteiger partial charge in [0.1, 0.15) is 0 Å². The van der Waals surface area contributed by atoms with Crippen LogP contribution in [-0.2, 0) is 11.2 Å². The molecule has 0 aliphatic carbocycles. The quantitative estimate of drug-likeness (QED) is 0.890. The average molecular weight is 338 g/mol. The molecule has 1 aromatic rings. The molecular weight excluding hydrogens is 322 g/mol. The van der Waals surface area contributed by atoms with Gasteiger partial charge in [-0.3, -0.25) is 4.79 Å². The Morgan fingerprint density at radius 2 is 2.20 bits per heavy atom. The summed E-state index contributed by atoms with van der Waals surface area (Å²) >= 11 is 3.17. The monoisotopic (exact) mass is 337 g/mol. The first-order valence-corrected chi connectivity index (χ1v) is 7.06. The van der Waals surface area contributed by atoms with Crippen molar-refractivity contribution in [1.82, 2.24) is 5.32 Å². The van der Waals surface area contributed by atoms with Gasteiger partial charge in [-0.1, -0.05) is 22.5 Å². The Balaban J connectivity index is 2.04. The molecule has 0 fully saturated rings. The summed E-state index contributed by atoms with van der Waals surface area (Å²) < 4.78 is 0.707. The van der Waals surface area contributed by atoms with Crippen molar-refractivity contribution in [2.45, 2.75) is 13.3 Å². The van der Waals surface area contributed by atoms with Crippen molar-refractivity contribution >= 4 is 39.2 Å². The molecule has 0 saturated carbocycles. The van der Waals surface area contributed by atoms with Gasteiger partial charge in [-0.25, -0.2) is 4.79 Å². The molecule has 0 radical (unpaired) electrons. The zero-order valence-electron chi connectivity index (χ0n) is 11.2. The van der Waals surface area contributed by atoms with Crippen LogP contribution in [0.15, 0.2) is 29.3 Å². The standard InChI is InChI=1S/C14H16BrN3O2/c1-9(15)8-16-14(20)17-12-3-4-13-11(7-12)5-6-18(13)10(2)19/h3-4,7H,1,5-6,8H2,2H3,(H2,16,17,20). The van der Waals surface area contributed by atoms with E-state index in [-0.39, 0.29) is 11.9 Å². The molecule has 5 nitrogen and oxygen atoms in total. The highest BCUT2D eigenvalue weighted by Gasteiger charge is 2.22. The number of carbonyl (C=O) groups is 2. The molecule has 1 aliphatic heterocycles. The highest BCUT2D eigenvalue weighted by molar-refractivity contribution is 9.11. The maximum Gasteiger partial charge on any atom is 0.319 e. The number of hydrogen-bond donors (Lipinski definition) is 2. The van der Waals surface area contributed by atoms with Crippen LogP contribution in [0.1, 0.15) is 12.5 Å². The Bertz CT molecular complexity index is 572. The number of carbonyl (C=O) groups excluding carboxylic acids is 2. The van der Waals surface area contributed by atoms with E-state index in [1.807, 2.05) is 12.1 Å². The average Bonchev–Trinajstić information content (AvgIpc) is 2.79. The number of rotatable bonds is 3. The Labute approximate surface area is 126 Å². The molecule has 2 N–H and O–H groups in total. The lowest BCUT2D eigenvalue weighted by molar-refractivity contribution is -0.116. The fourth-order valence-electron chi connectivity index (χ4n) is 2.16. The number of halogens is 1. The van der Waals surface area contributed by atoms with E-state index < -0.39 is 0 Å².